The zero-order valence-electron chi connectivity index (χ0n) is 11.7. The van der Waals surface area contributed by atoms with E-state index in [9.17, 15) is 0 Å². The molecule has 3 rings (SSSR count). The van der Waals surface area contributed by atoms with Crippen LogP contribution in [0.3, 0.4) is 0 Å². The molecule has 0 aliphatic carbocycles. The molecule has 1 heterocycles. The molecule has 0 saturated heterocycles. The molecule has 5 heteroatoms. The van der Waals surface area contributed by atoms with Gasteiger partial charge in [-0.15, -0.1) is 5.10 Å². The number of hydrogen-bond donors (Lipinski definition) is 1. The molecule has 0 spiro atoms. The molecule has 1 aromatic heterocycles. The standard InChI is InChI=1S/C16H16N4S/c1-21-16-18-15(17-12-13-8-4-2-5-9-13)20(19-16)14-10-6-3-7-11-14/h2-11H,12H2,1H3,(H,17,18,19). The van der Waals surface area contributed by atoms with Crippen molar-refractivity contribution in [3.05, 3.63) is 66.2 Å². The topological polar surface area (TPSA) is 42.7 Å². The van der Waals surface area contributed by atoms with E-state index >= 15 is 0 Å². The molecule has 2 aromatic carbocycles. The van der Waals surface area contributed by atoms with Crippen LogP contribution in [-0.2, 0) is 6.54 Å². The Labute approximate surface area is 128 Å². The predicted octanol–water partition coefficient (Wildman–Crippen LogP) is 3.60. The van der Waals surface area contributed by atoms with Crippen LogP contribution in [-0.4, -0.2) is 21.0 Å². The summed E-state index contributed by atoms with van der Waals surface area (Å²) in [6.45, 7) is 0.722. The molecule has 0 saturated carbocycles. The van der Waals surface area contributed by atoms with Crippen molar-refractivity contribution in [2.24, 2.45) is 0 Å². The number of hydrogen-bond acceptors (Lipinski definition) is 4. The summed E-state index contributed by atoms with van der Waals surface area (Å²) >= 11 is 1.54. The van der Waals surface area contributed by atoms with E-state index in [-0.39, 0.29) is 0 Å². The maximum absolute atomic E-state index is 4.52. The Morgan fingerprint density at radius 2 is 1.67 bits per heavy atom. The molecular weight excluding hydrogens is 280 g/mol. The van der Waals surface area contributed by atoms with E-state index in [0.717, 1.165) is 23.3 Å². The van der Waals surface area contributed by atoms with Crippen LogP contribution in [0.5, 0.6) is 0 Å². The Morgan fingerprint density at radius 1 is 1.00 bits per heavy atom. The fourth-order valence-corrected chi connectivity index (χ4v) is 2.36. The number of rotatable bonds is 5. The van der Waals surface area contributed by atoms with Gasteiger partial charge >= 0.3 is 0 Å². The Bertz CT molecular complexity index is 695. The second-order valence-electron chi connectivity index (χ2n) is 4.51. The smallest absolute Gasteiger partial charge is 0.227 e. The van der Waals surface area contributed by atoms with E-state index in [1.807, 2.05) is 59.5 Å². The molecule has 0 bridgehead atoms. The molecule has 3 aromatic rings. The van der Waals surface area contributed by atoms with Gasteiger partial charge in [0.05, 0.1) is 5.69 Å². The lowest BCUT2D eigenvalue weighted by atomic mass is 10.2. The zero-order valence-corrected chi connectivity index (χ0v) is 12.5. The molecule has 0 radical (unpaired) electrons. The summed E-state index contributed by atoms with van der Waals surface area (Å²) in [7, 11) is 0. The molecule has 21 heavy (non-hydrogen) atoms. The number of thioether (sulfide) groups is 1. The lowest BCUT2D eigenvalue weighted by molar-refractivity contribution is 0.834. The SMILES string of the molecule is CSc1nc(NCc2ccccc2)n(-c2ccccc2)n1. The van der Waals surface area contributed by atoms with Crippen LogP contribution in [0.15, 0.2) is 65.8 Å². The van der Waals surface area contributed by atoms with Gasteiger partial charge in [0.15, 0.2) is 0 Å². The highest BCUT2D eigenvalue weighted by Gasteiger charge is 2.10. The first-order chi connectivity index (χ1) is 10.4. The average molecular weight is 296 g/mol. The first kappa shape index (κ1) is 13.7. The van der Waals surface area contributed by atoms with Gasteiger partial charge in [0.2, 0.25) is 11.1 Å². The lowest BCUT2D eigenvalue weighted by Gasteiger charge is -2.07. The molecular formula is C16H16N4S. The summed E-state index contributed by atoms with van der Waals surface area (Å²) < 4.78 is 1.84. The Morgan fingerprint density at radius 3 is 2.33 bits per heavy atom. The van der Waals surface area contributed by atoms with Gasteiger partial charge in [-0.2, -0.15) is 9.67 Å². The van der Waals surface area contributed by atoms with Crippen molar-refractivity contribution in [1.82, 2.24) is 14.8 Å². The van der Waals surface area contributed by atoms with E-state index in [1.54, 1.807) is 0 Å². The van der Waals surface area contributed by atoms with Crippen molar-refractivity contribution in [2.75, 3.05) is 11.6 Å². The number of aromatic nitrogens is 3. The van der Waals surface area contributed by atoms with Gasteiger partial charge in [-0.05, 0) is 24.0 Å². The van der Waals surface area contributed by atoms with E-state index in [2.05, 4.69) is 27.5 Å². The van der Waals surface area contributed by atoms with Crippen molar-refractivity contribution in [1.29, 1.82) is 0 Å². The highest BCUT2D eigenvalue weighted by atomic mass is 32.2. The van der Waals surface area contributed by atoms with Crippen LogP contribution in [0.25, 0.3) is 5.69 Å². The summed E-state index contributed by atoms with van der Waals surface area (Å²) in [5, 5.41) is 8.63. The lowest BCUT2D eigenvalue weighted by Crippen LogP contribution is -2.07. The molecule has 4 nitrogen and oxygen atoms in total. The molecule has 0 aliphatic heterocycles. The molecule has 0 unspecified atom stereocenters. The summed E-state index contributed by atoms with van der Waals surface area (Å²) in [6.07, 6.45) is 1.98. The van der Waals surface area contributed by atoms with Gasteiger partial charge in [-0.1, -0.05) is 60.3 Å². The molecule has 0 aliphatic rings. The fourth-order valence-electron chi connectivity index (χ4n) is 2.02. The highest BCUT2D eigenvalue weighted by Crippen LogP contribution is 2.18. The van der Waals surface area contributed by atoms with Gasteiger partial charge in [-0.25, -0.2) is 0 Å². The number of nitrogens with zero attached hydrogens (tertiary/aromatic N) is 3. The zero-order chi connectivity index (χ0) is 14.5. The summed E-state index contributed by atoms with van der Waals surface area (Å²) in [6, 6.07) is 20.3. The van der Waals surface area contributed by atoms with E-state index in [1.165, 1.54) is 17.3 Å². The third kappa shape index (κ3) is 3.25. The maximum atomic E-state index is 4.52. The highest BCUT2D eigenvalue weighted by molar-refractivity contribution is 7.98. The van der Waals surface area contributed by atoms with Gasteiger partial charge in [-0.3, -0.25) is 0 Å². The van der Waals surface area contributed by atoms with Crippen molar-refractivity contribution in [3.63, 3.8) is 0 Å². The van der Waals surface area contributed by atoms with Crippen LogP contribution in [0.1, 0.15) is 5.56 Å². The minimum atomic E-state index is 0.722. The Kier molecular flexibility index (Phi) is 4.21. The van der Waals surface area contributed by atoms with Gasteiger partial charge < -0.3 is 5.32 Å². The summed E-state index contributed by atoms with van der Waals surface area (Å²) in [5.74, 6) is 0.759. The number of para-hydroxylation sites is 1. The normalized spacial score (nSPS) is 10.5. The Hall–Kier alpha value is -2.27. The van der Waals surface area contributed by atoms with Crippen molar-refractivity contribution in [2.45, 2.75) is 11.7 Å². The van der Waals surface area contributed by atoms with Crippen LogP contribution in [0.2, 0.25) is 0 Å². The molecule has 1 N–H and O–H groups in total. The second kappa shape index (κ2) is 6.45. The first-order valence-corrected chi connectivity index (χ1v) is 7.93. The van der Waals surface area contributed by atoms with Crippen LogP contribution in [0, 0.1) is 0 Å². The minimum Gasteiger partial charge on any atom is -0.350 e. The third-order valence-corrected chi connectivity index (χ3v) is 3.60. The van der Waals surface area contributed by atoms with Crippen LogP contribution in [0.4, 0.5) is 5.95 Å². The van der Waals surface area contributed by atoms with Gasteiger partial charge in [0, 0.05) is 6.54 Å². The van der Waals surface area contributed by atoms with Crippen molar-refractivity contribution >= 4 is 17.7 Å². The van der Waals surface area contributed by atoms with Crippen LogP contribution >= 0.6 is 11.8 Å². The summed E-state index contributed by atoms with van der Waals surface area (Å²) in [4.78, 5) is 4.52. The number of anilines is 1. The third-order valence-electron chi connectivity index (χ3n) is 3.06. The fraction of sp³-hybridized carbons (Fsp3) is 0.125. The molecule has 0 atom stereocenters. The van der Waals surface area contributed by atoms with Crippen molar-refractivity contribution < 1.29 is 0 Å². The predicted molar refractivity (Wildman–Crippen MR) is 86.9 cm³/mol. The maximum Gasteiger partial charge on any atom is 0.227 e. The van der Waals surface area contributed by atoms with E-state index < -0.39 is 0 Å². The molecule has 106 valence electrons. The average Bonchev–Trinajstić information content (AvgIpc) is 2.98. The number of benzene rings is 2. The number of nitrogens with one attached hydrogen (secondary N) is 1. The Balaban J connectivity index is 1.86. The van der Waals surface area contributed by atoms with E-state index in [0.29, 0.717) is 0 Å². The monoisotopic (exact) mass is 296 g/mol. The quantitative estimate of drug-likeness (QED) is 0.731. The van der Waals surface area contributed by atoms with Gasteiger partial charge in [0.1, 0.15) is 0 Å². The largest absolute Gasteiger partial charge is 0.350 e. The second-order valence-corrected chi connectivity index (χ2v) is 5.28. The first-order valence-electron chi connectivity index (χ1n) is 6.71. The minimum absolute atomic E-state index is 0.722. The van der Waals surface area contributed by atoms with Gasteiger partial charge in [0.25, 0.3) is 0 Å². The van der Waals surface area contributed by atoms with E-state index in [4.69, 9.17) is 0 Å². The molecule has 0 amide bonds. The molecule has 0 fully saturated rings. The van der Waals surface area contributed by atoms with Crippen LogP contribution < -0.4 is 5.32 Å². The summed E-state index contributed by atoms with van der Waals surface area (Å²) in [5.41, 5.74) is 2.21. The van der Waals surface area contributed by atoms with Crippen molar-refractivity contribution in [3.8, 4) is 5.69 Å².